The minimum Gasteiger partial charge on any atom is -0.480 e. The molecule has 10 heteroatoms. The molecule has 0 aromatic heterocycles. The van der Waals surface area contributed by atoms with E-state index in [9.17, 15) is 24.3 Å². The molecule has 0 aliphatic carbocycles. The summed E-state index contributed by atoms with van der Waals surface area (Å²) in [4.78, 5) is 52.5. The fourth-order valence-electron chi connectivity index (χ4n) is 5.78. The molecule has 2 aromatic rings. The van der Waals surface area contributed by atoms with E-state index in [0.29, 0.717) is 51.0 Å². The van der Waals surface area contributed by atoms with E-state index in [0.717, 1.165) is 36.8 Å². The lowest BCUT2D eigenvalue weighted by molar-refractivity contribution is -0.151. The molecule has 1 fully saturated rings. The number of nitrogens with one attached hydrogen (secondary N) is 1. The van der Waals surface area contributed by atoms with Crippen LogP contribution in [0.15, 0.2) is 54.6 Å². The number of para-hydroxylation sites is 1. The van der Waals surface area contributed by atoms with Crippen LogP contribution in [0.1, 0.15) is 63.0 Å². The van der Waals surface area contributed by atoms with Crippen molar-refractivity contribution in [3.63, 3.8) is 0 Å². The number of rotatable bonds is 13. The zero-order valence-corrected chi connectivity index (χ0v) is 24.9. The van der Waals surface area contributed by atoms with Crippen LogP contribution in [0, 0.1) is 5.92 Å². The summed E-state index contributed by atoms with van der Waals surface area (Å²) in [6, 6.07) is 16.6. The van der Waals surface area contributed by atoms with E-state index in [2.05, 4.69) is 5.32 Å². The molecule has 232 valence electrons. The maximum absolute atomic E-state index is 13.1. The molecule has 0 saturated carbocycles. The second-order valence-corrected chi connectivity index (χ2v) is 11.4. The van der Waals surface area contributed by atoms with E-state index in [4.69, 9.17) is 9.47 Å². The molecule has 0 radical (unpaired) electrons. The second-order valence-electron chi connectivity index (χ2n) is 11.4. The largest absolute Gasteiger partial charge is 0.480 e. The van der Waals surface area contributed by atoms with Gasteiger partial charge in [-0.05, 0) is 75.1 Å². The lowest BCUT2D eigenvalue weighted by atomic mass is 9.92. The molecule has 2 aliphatic heterocycles. The fourth-order valence-corrected chi connectivity index (χ4v) is 5.78. The topological polar surface area (TPSA) is 125 Å². The summed E-state index contributed by atoms with van der Waals surface area (Å²) in [6.07, 6.45) is 4.90. The van der Waals surface area contributed by atoms with Crippen LogP contribution in [0.2, 0.25) is 0 Å². The van der Waals surface area contributed by atoms with Gasteiger partial charge in [0.15, 0.2) is 0 Å². The maximum Gasteiger partial charge on any atom is 0.410 e. The Morgan fingerprint density at radius 2 is 1.70 bits per heavy atom. The van der Waals surface area contributed by atoms with E-state index >= 15 is 0 Å². The maximum atomic E-state index is 13.1. The Balaban J connectivity index is 1.09. The highest BCUT2D eigenvalue weighted by molar-refractivity contribution is 6.01. The number of carbonyl (C=O) groups excluding carboxylic acids is 3. The number of ether oxygens (including phenoxy) is 2. The van der Waals surface area contributed by atoms with Crippen LogP contribution in [-0.2, 0) is 36.9 Å². The van der Waals surface area contributed by atoms with Gasteiger partial charge in [0, 0.05) is 25.2 Å². The first kappa shape index (κ1) is 32.0. The molecule has 2 N–H and O–H groups in total. The zero-order valence-electron chi connectivity index (χ0n) is 24.9. The van der Waals surface area contributed by atoms with Crippen LogP contribution in [0.5, 0.6) is 0 Å². The predicted octanol–water partition coefficient (Wildman–Crippen LogP) is 4.55. The predicted molar refractivity (Wildman–Crippen MR) is 161 cm³/mol. The summed E-state index contributed by atoms with van der Waals surface area (Å²) in [5, 5.41) is 12.6. The monoisotopic (exact) mass is 593 g/mol. The highest BCUT2D eigenvalue weighted by atomic mass is 16.6. The summed E-state index contributed by atoms with van der Waals surface area (Å²) in [5.41, 5.74) is 2.59. The van der Waals surface area contributed by atoms with Crippen molar-refractivity contribution >= 4 is 29.6 Å². The Hall–Kier alpha value is -3.92. The number of piperidine rings is 1. The van der Waals surface area contributed by atoms with Crippen molar-refractivity contribution in [2.45, 2.75) is 77.0 Å². The van der Waals surface area contributed by atoms with Gasteiger partial charge in [0.1, 0.15) is 19.3 Å². The molecule has 4 rings (SSSR count). The number of carboxylic acids is 1. The van der Waals surface area contributed by atoms with Crippen LogP contribution in [0.25, 0.3) is 0 Å². The number of hydrogen-bond donors (Lipinski definition) is 2. The molecule has 1 saturated heterocycles. The number of hydrogen-bond acceptors (Lipinski definition) is 7. The number of nitrogens with zero attached hydrogens (tertiary/aromatic N) is 2. The number of benzene rings is 2. The molecule has 2 atom stereocenters. The van der Waals surface area contributed by atoms with Crippen molar-refractivity contribution in [1.29, 1.82) is 0 Å². The van der Waals surface area contributed by atoms with E-state index in [1.807, 2.05) is 55.5 Å². The van der Waals surface area contributed by atoms with Gasteiger partial charge in [0.25, 0.3) is 0 Å². The average Bonchev–Trinajstić information content (AvgIpc) is 3.14. The van der Waals surface area contributed by atoms with Crippen molar-refractivity contribution < 1.29 is 33.8 Å². The van der Waals surface area contributed by atoms with Gasteiger partial charge >= 0.3 is 18.0 Å². The number of esters is 1. The Kier molecular flexibility index (Phi) is 12.0. The van der Waals surface area contributed by atoms with Crippen LogP contribution in [0.3, 0.4) is 0 Å². The quantitative estimate of drug-likeness (QED) is 0.256. The first-order valence-corrected chi connectivity index (χ1v) is 15.3. The SMILES string of the molecule is C[C@H](OC(=O)CCCCCNC1CCc2ccccc2N(CC(=O)O)C1=O)C1CCN(C(=O)OCc2ccccc2)CC1. The number of likely N-dealkylation sites (tertiary alicyclic amines) is 1. The minimum atomic E-state index is -1.05. The summed E-state index contributed by atoms with van der Waals surface area (Å²) in [6.45, 7) is 3.57. The first-order valence-electron chi connectivity index (χ1n) is 15.3. The van der Waals surface area contributed by atoms with Crippen LogP contribution >= 0.6 is 0 Å². The third kappa shape index (κ3) is 9.54. The number of aryl methyl sites for hydroxylation is 1. The fraction of sp³-hybridized carbons (Fsp3) is 0.515. The molecule has 2 heterocycles. The molecule has 43 heavy (non-hydrogen) atoms. The highest BCUT2D eigenvalue weighted by Crippen LogP contribution is 2.27. The Morgan fingerprint density at radius 1 is 0.977 bits per heavy atom. The van der Waals surface area contributed by atoms with E-state index in [1.54, 1.807) is 11.0 Å². The number of unbranched alkanes of at least 4 members (excludes halogenated alkanes) is 2. The summed E-state index contributed by atoms with van der Waals surface area (Å²) in [5.74, 6) is -1.28. The molecule has 0 bridgehead atoms. The second kappa shape index (κ2) is 16.1. The van der Waals surface area contributed by atoms with Gasteiger partial charge < -0.3 is 24.8 Å². The van der Waals surface area contributed by atoms with Gasteiger partial charge in [-0.3, -0.25) is 19.3 Å². The van der Waals surface area contributed by atoms with E-state index < -0.39 is 12.0 Å². The standard InChI is InChI=1S/C33H43N3O7/c1-24(26-17-20-35(21-18-26)33(41)42-23-25-10-4-2-5-11-25)43-31(39)14-6-3-9-19-34-28-16-15-27-12-7-8-13-29(27)36(32(28)40)22-30(37)38/h2,4-5,7-8,10-13,24,26,28,34H,3,6,9,14-23H2,1H3,(H,37,38)/t24-,28?/m0/s1. The third-order valence-electron chi connectivity index (χ3n) is 8.27. The van der Waals surface area contributed by atoms with Gasteiger partial charge in [0.05, 0.1) is 6.04 Å². The minimum absolute atomic E-state index is 0.204. The molecule has 0 spiro atoms. The molecule has 2 aliphatic rings. The molecule has 2 aromatic carbocycles. The van der Waals surface area contributed by atoms with Gasteiger partial charge in [-0.25, -0.2) is 4.79 Å². The number of carboxylic acid groups (broad SMARTS) is 1. The Bertz CT molecular complexity index is 1230. The zero-order chi connectivity index (χ0) is 30.6. The summed E-state index contributed by atoms with van der Waals surface area (Å²) < 4.78 is 11.1. The smallest absolute Gasteiger partial charge is 0.410 e. The molecule has 10 nitrogen and oxygen atoms in total. The molecule has 1 unspecified atom stereocenters. The number of fused-ring (bicyclic) bond motifs is 1. The lowest BCUT2D eigenvalue weighted by Gasteiger charge is -2.34. The van der Waals surface area contributed by atoms with Gasteiger partial charge in [-0.2, -0.15) is 0 Å². The lowest BCUT2D eigenvalue weighted by Crippen LogP contribution is -2.47. The van der Waals surface area contributed by atoms with Crippen LogP contribution in [0.4, 0.5) is 10.5 Å². The van der Waals surface area contributed by atoms with Gasteiger partial charge in [0.2, 0.25) is 5.91 Å². The van der Waals surface area contributed by atoms with Gasteiger partial charge in [-0.15, -0.1) is 0 Å². The molecule has 2 amide bonds. The van der Waals surface area contributed by atoms with Crippen molar-refractivity contribution in [3.05, 3.63) is 65.7 Å². The third-order valence-corrected chi connectivity index (χ3v) is 8.27. The highest BCUT2D eigenvalue weighted by Gasteiger charge is 2.31. The number of amides is 2. The normalized spacial score (nSPS) is 18.0. The van der Waals surface area contributed by atoms with Crippen molar-refractivity contribution in [3.8, 4) is 0 Å². The summed E-state index contributed by atoms with van der Waals surface area (Å²) >= 11 is 0. The number of aliphatic carboxylic acids is 1. The van der Waals surface area contributed by atoms with E-state index in [1.165, 1.54) is 4.90 Å². The van der Waals surface area contributed by atoms with E-state index in [-0.39, 0.29) is 43.1 Å². The van der Waals surface area contributed by atoms with Crippen molar-refractivity contribution in [2.24, 2.45) is 5.92 Å². The first-order chi connectivity index (χ1) is 20.8. The van der Waals surface area contributed by atoms with Crippen molar-refractivity contribution in [2.75, 3.05) is 31.1 Å². The average molecular weight is 594 g/mol. The molecular weight excluding hydrogens is 550 g/mol. The number of carbonyl (C=O) groups is 4. The molecular formula is C33H43N3O7. The van der Waals surface area contributed by atoms with Crippen LogP contribution in [-0.4, -0.2) is 72.3 Å². The number of anilines is 1. The van der Waals surface area contributed by atoms with Gasteiger partial charge in [-0.1, -0.05) is 55.0 Å². The van der Waals surface area contributed by atoms with Crippen molar-refractivity contribution in [1.82, 2.24) is 10.2 Å². The Morgan fingerprint density at radius 3 is 2.44 bits per heavy atom. The van der Waals surface area contributed by atoms with Crippen LogP contribution < -0.4 is 10.2 Å². The summed E-state index contributed by atoms with van der Waals surface area (Å²) in [7, 11) is 0. The Labute approximate surface area is 253 Å².